The van der Waals surface area contributed by atoms with Crippen LogP contribution < -0.4 is 15.8 Å². The number of carbonyl (C=O) groups is 2. The number of primary amides is 1. The molecule has 0 bridgehead atoms. The lowest BCUT2D eigenvalue weighted by Crippen LogP contribution is -2.47. The number of hydrogen-bond acceptors (Lipinski definition) is 6. The van der Waals surface area contributed by atoms with Crippen LogP contribution in [0.4, 0.5) is 32.0 Å². The van der Waals surface area contributed by atoms with E-state index >= 15 is 0 Å². The summed E-state index contributed by atoms with van der Waals surface area (Å²) < 4.78 is 91.5. The molecule has 14 heteroatoms. The van der Waals surface area contributed by atoms with Crippen molar-refractivity contribution in [3.63, 3.8) is 0 Å². The van der Waals surface area contributed by atoms with E-state index < -0.39 is 59.3 Å². The largest absolute Gasteiger partial charge is 0.481 e. The molecule has 8 nitrogen and oxygen atoms in total. The molecule has 0 aliphatic carbocycles. The maximum absolute atomic E-state index is 14.0. The SMILES string of the molecule is COc1nc(C(F)(F)F)ccc1[C@H]1[C@@H](C(=O)Nc2ccnc(C(N)=O)c2)O[C@](C)(C(F)(F)F)[C@@H]1C. The number of anilines is 1. The maximum Gasteiger partial charge on any atom is 0.433 e. The van der Waals surface area contributed by atoms with E-state index in [1.165, 1.54) is 13.0 Å². The van der Waals surface area contributed by atoms with E-state index in [2.05, 4.69) is 15.3 Å². The summed E-state index contributed by atoms with van der Waals surface area (Å²) in [4.78, 5) is 31.5. The fraction of sp³-hybridized carbons (Fsp3) is 0.429. The molecule has 0 unspecified atom stereocenters. The van der Waals surface area contributed by atoms with E-state index in [4.69, 9.17) is 15.2 Å². The number of nitrogens with zero attached hydrogens (tertiary/aromatic N) is 2. The van der Waals surface area contributed by atoms with Crippen LogP contribution in [0.5, 0.6) is 5.88 Å². The molecule has 1 fully saturated rings. The summed E-state index contributed by atoms with van der Waals surface area (Å²) in [5.41, 5.74) is 0.602. The van der Waals surface area contributed by atoms with Crippen LogP contribution in [0.2, 0.25) is 0 Å². The fourth-order valence-electron chi connectivity index (χ4n) is 3.91. The van der Waals surface area contributed by atoms with Gasteiger partial charge in [0, 0.05) is 29.3 Å². The highest BCUT2D eigenvalue weighted by atomic mass is 19.4. The molecule has 35 heavy (non-hydrogen) atoms. The third-order valence-corrected chi connectivity index (χ3v) is 5.94. The van der Waals surface area contributed by atoms with Crippen molar-refractivity contribution in [3.8, 4) is 5.88 Å². The van der Waals surface area contributed by atoms with Crippen molar-refractivity contribution in [2.24, 2.45) is 11.7 Å². The maximum atomic E-state index is 14.0. The predicted octanol–water partition coefficient (Wildman–Crippen LogP) is 3.68. The van der Waals surface area contributed by atoms with Crippen LogP contribution >= 0.6 is 0 Å². The molecule has 0 spiro atoms. The van der Waals surface area contributed by atoms with Crippen LogP contribution in [0.1, 0.15) is 41.5 Å². The molecule has 1 saturated heterocycles. The van der Waals surface area contributed by atoms with Gasteiger partial charge in [-0.3, -0.25) is 14.6 Å². The third-order valence-electron chi connectivity index (χ3n) is 5.94. The minimum absolute atomic E-state index is 0.00748. The minimum atomic E-state index is -4.93. The molecule has 3 heterocycles. The summed E-state index contributed by atoms with van der Waals surface area (Å²) in [5, 5.41) is 2.34. The molecule has 3 N–H and O–H groups in total. The predicted molar refractivity (Wildman–Crippen MR) is 108 cm³/mol. The van der Waals surface area contributed by atoms with Crippen LogP contribution in [-0.2, 0) is 15.7 Å². The summed E-state index contributed by atoms with van der Waals surface area (Å²) in [6.07, 6.45) is -10.4. The van der Waals surface area contributed by atoms with Crippen LogP contribution in [0.15, 0.2) is 30.5 Å². The summed E-state index contributed by atoms with van der Waals surface area (Å²) in [7, 11) is 1.01. The quantitative estimate of drug-likeness (QED) is 0.598. The first kappa shape index (κ1) is 26.2. The number of nitrogens with one attached hydrogen (secondary N) is 1. The molecule has 1 aliphatic heterocycles. The molecular formula is C21H20F6N4O4. The molecule has 0 radical (unpaired) electrons. The van der Waals surface area contributed by atoms with Crippen LogP contribution in [0.3, 0.4) is 0 Å². The van der Waals surface area contributed by atoms with Gasteiger partial charge >= 0.3 is 12.4 Å². The molecule has 0 aromatic carbocycles. The molecule has 1 aliphatic rings. The Balaban J connectivity index is 2.07. The molecule has 2 amide bonds. The number of hydrogen-bond donors (Lipinski definition) is 2. The number of rotatable bonds is 5. The second kappa shape index (κ2) is 8.98. The van der Waals surface area contributed by atoms with Gasteiger partial charge in [-0.15, -0.1) is 0 Å². The average molecular weight is 506 g/mol. The topological polar surface area (TPSA) is 116 Å². The Morgan fingerprint density at radius 1 is 1.17 bits per heavy atom. The van der Waals surface area contributed by atoms with E-state index in [1.807, 2.05) is 0 Å². The van der Waals surface area contributed by atoms with Crippen molar-refractivity contribution in [2.75, 3.05) is 12.4 Å². The van der Waals surface area contributed by atoms with E-state index in [1.54, 1.807) is 0 Å². The molecule has 0 saturated carbocycles. The first-order valence-electron chi connectivity index (χ1n) is 10.0. The summed E-state index contributed by atoms with van der Waals surface area (Å²) in [5.74, 6) is -5.38. The fourth-order valence-corrected chi connectivity index (χ4v) is 3.91. The monoisotopic (exact) mass is 506 g/mol. The smallest absolute Gasteiger partial charge is 0.433 e. The Bertz CT molecular complexity index is 1140. The Hall–Kier alpha value is -3.42. The van der Waals surface area contributed by atoms with Gasteiger partial charge in [0.15, 0.2) is 5.60 Å². The van der Waals surface area contributed by atoms with Gasteiger partial charge in [0.1, 0.15) is 17.5 Å². The van der Waals surface area contributed by atoms with Gasteiger partial charge in [0.2, 0.25) is 5.88 Å². The average Bonchev–Trinajstić information content (AvgIpc) is 3.04. The van der Waals surface area contributed by atoms with Gasteiger partial charge < -0.3 is 20.5 Å². The van der Waals surface area contributed by atoms with Crippen LogP contribution in [-0.4, -0.2) is 46.8 Å². The molecule has 190 valence electrons. The Morgan fingerprint density at radius 3 is 2.37 bits per heavy atom. The van der Waals surface area contributed by atoms with Crippen molar-refractivity contribution in [2.45, 2.75) is 43.8 Å². The lowest BCUT2D eigenvalue weighted by atomic mass is 9.77. The third kappa shape index (κ3) is 4.88. The van der Waals surface area contributed by atoms with Crippen molar-refractivity contribution in [3.05, 3.63) is 47.4 Å². The number of amides is 2. The zero-order chi connectivity index (χ0) is 26.3. The standard InChI is InChI=1S/C21H20F6N4O4/c1-9-14(11-4-5-13(20(22,23)24)31-18(11)34-3)15(35-19(9,2)21(25,26)27)17(33)30-10-6-7-29-12(8-10)16(28)32/h4-9,14-15H,1-3H3,(H2,28,32)(H,29,30,33)/t9-,14+,15+,19+/m1/s1. The lowest BCUT2D eigenvalue weighted by molar-refractivity contribution is -0.272. The van der Waals surface area contributed by atoms with Crippen LogP contribution in [0, 0.1) is 5.92 Å². The summed E-state index contributed by atoms with van der Waals surface area (Å²) in [6.45, 7) is 1.92. The second-order valence-corrected chi connectivity index (χ2v) is 8.03. The molecule has 4 atom stereocenters. The number of halogens is 6. The lowest BCUT2D eigenvalue weighted by Gasteiger charge is -2.31. The zero-order valence-corrected chi connectivity index (χ0v) is 18.5. The number of carbonyl (C=O) groups excluding carboxylic acids is 2. The Kier molecular flexibility index (Phi) is 6.72. The number of pyridine rings is 2. The van der Waals surface area contributed by atoms with Gasteiger partial charge in [0.05, 0.1) is 7.11 Å². The first-order chi connectivity index (χ1) is 16.1. The van der Waals surface area contributed by atoms with Gasteiger partial charge in [-0.2, -0.15) is 26.3 Å². The Morgan fingerprint density at radius 2 is 1.83 bits per heavy atom. The molecular weight excluding hydrogens is 486 g/mol. The molecule has 3 rings (SSSR count). The summed E-state index contributed by atoms with van der Waals surface area (Å²) >= 11 is 0. The first-order valence-corrected chi connectivity index (χ1v) is 10.0. The zero-order valence-electron chi connectivity index (χ0n) is 18.5. The van der Waals surface area contributed by atoms with Crippen molar-refractivity contribution in [1.29, 1.82) is 0 Å². The number of nitrogens with two attached hydrogens (primary N) is 1. The van der Waals surface area contributed by atoms with E-state index in [9.17, 15) is 35.9 Å². The normalized spacial score (nSPS) is 24.8. The van der Waals surface area contributed by atoms with Crippen molar-refractivity contribution >= 4 is 17.5 Å². The van der Waals surface area contributed by atoms with Gasteiger partial charge in [-0.05, 0) is 25.1 Å². The molecule has 2 aromatic heterocycles. The highest BCUT2D eigenvalue weighted by Gasteiger charge is 2.66. The number of ether oxygens (including phenoxy) is 2. The van der Waals surface area contributed by atoms with E-state index in [-0.39, 0.29) is 16.9 Å². The number of alkyl halides is 6. The number of aromatic nitrogens is 2. The van der Waals surface area contributed by atoms with Crippen LogP contribution in [0.25, 0.3) is 0 Å². The summed E-state index contributed by atoms with van der Waals surface area (Å²) in [6, 6.07) is 3.88. The van der Waals surface area contributed by atoms with E-state index in [0.29, 0.717) is 6.07 Å². The van der Waals surface area contributed by atoms with E-state index in [0.717, 1.165) is 32.4 Å². The van der Waals surface area contributed by atoms with Gasteiger partial charge in [0.25, 0.3) is 11.8 Å². The van der Waals surface area contributed by atoms with Crippen molar-refractivity contribution < 1.29 is 45.4 Å². The number of methoxy groups -OCH3 is 1. The van der Waals surface area contributed by atoms with Gasteiger partial charge in [-0.1, -0.05) is 13.0 Å². The van der Waals surface area contributed by atoms with Gasteiger partial charge in [-0.25, -0.2) is 4.98 Å². The highest BCUT2D eigenvalue weighted by molar-refractivity contribution is 5.97. The second-order valence-electron chi connectivity index (χ2n) is 8.03. The minimum Gasteiger partial charge on any atom is -0.481 e. The Labute approximate surface area is 194 Å². The van der Waals surface area contributed by atoms with Crippen molar-refractivity contribution in [1.82, 2.24) is 9.97 Å². The molecule has 2 aromatic rings. The highest BCUT2D eigenvalue weighted by Crippen LogP contribution is 2.54.